The van der Waals surface area contributed by atoms with E-state index in [0.29, 0.717) is 33.3 Å². The normalized spacial score (nSPS) is 18.2. The second-order valence-corrected chi connectivity index (χ2v) is 7.15. The highest BCUT2D eigenvalue weighted by Gasteiger charge is 2.33. The van der Waals surface area contributed by atoms with Crippen LogP contribution < -0.4 is 5.32 Å². The number of nitrogens with one attached hydrogen (secondary N) is 1. The summed E-state index contributed by atoms with van der Waals surface area (Å²) in [4.78, 5) is 25.7. The van der Waals surface area contributed by atoms with Crippen molar-refractivity contribution >= 4 is 46.6 Å². The first-order valence-corrected chi connectivity index (χ1v) is 9.54. The lowest BCUT2D eigenvalue weighted by Crippen LogP contribution is -2.25. The summed E-state index contributed by atoms with van der Waals surface area (Å²) in [7, 11) is 0. The van der Waals surface area contributed by atoms with Gasteiger partial charge in [-0.3, -0.25) is 9.59 Å². The number of hydrazone groups is 1. The number of hydrogen-bond donors (Lipinski definition) is 1. The maximum Gasteiger partial charge on any atom is 0.278 e. The van der Waals surface area contributed by atoms with Gasteiger partial charge in [-0.25, -0.2) is 0 Å². The number of para-hydroxylation sites is 1. The Morgan fingerprint density at radius 2 is 1.80 bits per heavy atom. The van der Waals surface area contributed by atoms with Crippen molar-refractivity contribution < 1.29 is 14.0 Å². The molecule has 0 bridgehead atoms. The van der Waals surface area contributed by atoms with E-state index in [0.717, 1.165) is 5.56 Å². The molecule has 0 atom stereocenters. The van der Waals surface area contributed by atoms with Crippen LogP contribution in [0.15, 0.2) is 88.1 Å². The minimum atomic E-state index is -0.360. The van der Waals surface area contributed by atoms with Gasteiger partial charge in [0.25, 0.3) is 11.8 Å². The Morgan fingerprint density at radius 1 is 1.00 bits per heavy atom. The summed E-state index contributed by atoms with van der Waals surface area (Å²) < 4.78 is 5.34. The van der Waals surface area contributed by atoms with Gasteiger partial charge in [-0.2, -0.15) is 10.1 Å². The highest BCUT2D eigenvalue weighted by atomic mass is 35.5. The minimum Gasteiger partial charge on any atom is -0.465 e. The molecule has 1 N–H and O–H groups in total. The first kappa shape index (κ1) is 18.1. The van der Waals surface area contributed by atoms with Crippen LogP contribution in [0.4, 0.5) is 5.69 Å². The van der Waals surface area contributed by atoms with E-state index in [1.807, 2.05) is 12.1 Å². The van der Waals surface area contributed by atoms with E-state index in [4.69, 9.17) is 16.0 Å². The second-order valence-electron chi connectivity index (χ2n) is 6.72. The molecule has 1 aromatic heterocycles. The quantitative estimate of drug-likeness (QED) is 0.637. The van der Waals surface area contributed by atoms with Gasteiger partial charge in [-0.1, -0.05) is 41.9 Å². The van der Waals surface area contributed by atoms with Crippen molar-refractivity contribution in [2.75, 3.05) is 5.32 Å². The Labute approximate surface area is 176 Å². The lowest BCUT2D eigenvalue weighted by Gasteiger charge is -2.15. The minimum absolute atomic E-state index is 0.179. The highest BCUT2D eigenvalue weighted by Crippen LogP contribution is 2.33. The molecule has 0 saturated carbocycles. The van der Waals surface area contributed by atoms with Crippen molar-refractivity contribution in [3.63, 3.8) is 0 Å². The molecule has 2 aromatic carbocycles. The number of anilines is 1. The van der Waals surface area contributed by atoms with E-state index in [9.17, 15) is 9.59 Å². The summed E-state index contributed by atoms with van der Waals surface area (Å²) in [6.07, 6.45) is 4.89. The third-order valence-corrected chi connectivity index (χ3v) is 5.04. The Balaban J connectivity index is 1.62. The Morgan fingerprint density at radius 3 is 2.57 bits per heavy atom. The number of benzene rings is 2. The first-order chi connectivity index (χ1) is 14.6. The van der Waals surface area contributed by atoms with Crippen LogP contribution in [0.3, 0.4) is 0 Å². The van der Waals surface area contributed by atoms with E-state index < -0.39 is 0 Å². The van der Waals surface area contributed by atoms with Crippen molar-refractivity contribution in [2.24, 2.45) is 5.10 Å². The van der Waals surface area contributed by atoms with Gasteiger partial charge in [0.2, 0.25) is 0 Å². The third-order valence-electron chi connectivity index (χ3n) is 4.79. The summed E-state index contributed by atoms with van der Waals surface area (Å²) in [6, 6.07) is 17.8. The molecule has 7 heteroatoms. The van der Waals surface area contributed by atoms with Crippen molar-refractivity contribution in [1.82, 2.24) is 5.01 Å². The Bertz CT molecular complexity index is 1260. The van der Waals surface area contributed by atoms with Crippen LogP contribution in [0, 0.1) is 0 Å². The zero-order chi connectivity index (χ0) is 20.7. The predicted molar refractivity (Wildman–Crippen MR) is 115 cm³/mol. The van der Waals surface area contributed by atoms with Gasteiger partial charge in [0.15, 0.2) is 5.71 Å². The molecule has 0 saturated heterocycles. The fourth-order valence-electron chi connectivity index (χ4n) is 3.36. The van der Waals surface area contributed by atoms with E-state index in [1.165, 1.54) is 11.3 Å². The Hall–Kier alpha value is -3.90. The maximum absolute atomic E-state index is 13.2. The largest absolute Gasteiger partial charge is 0.465 e. The molecule has 0 radical (unpaired) electrons. The maximum atomic E-state index is 13.2. The molecule has 3 heterocycles. The van der Waals surface area contributed by atoms with Crippen molar-refractivity contribution in [3.05, 3.63) is 100 Å². The molecular formula is C23H14ClN3O3. The average Bonchev–Trinajstić information content (AvgIpc) is 3.44. The summed E-state index contributed by atoms with van der Waals surface area (Å²) in [5.41, 5.74) is 3.17. The molecule has 5 rings (SSSR count). The fourth-order valence-corrected chi connectivity index (χ4v) is 3.49. The topological polar surface area (TPSA) is 74.9 Å². The fraction of sp³-hybridized carbons (Fsp3) is 0. The van der Waals surface area contributed by atoms with Crippen molar-refractivity contribution in [1.29, 1.82) is 0 Å². The van der Waals surface area contributed by atoms with Crippen LogP contribution in [0.5, 0.6) is 0 Å². The number of rotatable bonds is 3. The molecule has 0 aliphatic carbocycles. The van der Waals surface area contributed by atoms with Gasteiger partial charge in [-0.05, 0) is 42.5 Å². The Kier molecular flexibility index (Phi) is 4.34. The number of fused-ring (bicyclic) bond motifs is 1. The molecule has 0 fully saturated rings. The molecule has 0 unspecified atom stereocenters. The number of nitrogens with zero attached hydrogens (tertiary/aromatic N) is 2. The number of carbonyl (C=O) groups is 2. The zero-order valence-corrected chi connectivity index (χ0v) is 16.3. The standard InChI is InChI=1S/C23H14ClN3O3/c24-16-9-7-14(8-10-16)20-13-15(12-17-4-3-11-30-17)23(29)27(20)26-21-18-5-1-2-6-19(18)25-22(21)28/h1-13H,(H,25,26,28)/b15-12+. The van der Waals surface area contributed by atoms with Gasteiger partial charge in [-0.15, -0.1) is 0 Å². The molecular weight excluding hydrogens is 402 g/mol. The molecule has 146 valence electrons. The van der Waals surface area contributed by atoms with Crippen LogP contribution >= 0.6 is 11.6 Å². The van der Waals surface area contributed by atoms with E-state index in [1.54, 1.807) is 60.7 Å². The van der Waals surface area contributed by atoms with Gasteiger partial charge in [0.05, 0.1) is 17.6 Å². The highest BCUT2D eigenvalue weighted by molar-refractivity contribution is 6.53. The molecule has 0 spiro atoms. The number of furan rings is 1. The smallest absolute Gasteiger partial charge is 0.278 e. The van der Waals surface area contributed by atoms with E-state index in [-0.39, 0.29) is 17.5 Å². The van der Waals surface area contributed by atoms with Crippen LogP contribution in [-0.4, -0.2) is 22.5 Å². The lowest BCUT2D eigenvalue weighted by molar-refractivity contribution is -0.123. The van der Waals surface area contributed by atoms with Crippen LogP contribution in [0.25, 0.3) is 11.8 Å². The number of amides is 2. The van der Waals surface area contributed by atoms with Crippen molar-refractivity contribution in [3.8, 4) is 0 Å². The SMILES string of the molecule is O=C1Nc2ccccc2/C1=N\N1C(=O)/C(=C/c2ccco2)C=C1c1ccc(Cl)cc1. The lowest BCUT2D eigenvalue weighted by atomic mass is 10.1. The molecule has 2 aliphatic heterocycles. The van der Waals surface area contributed by atoms with Crippen molar-refractivity contribution in [2.45, 2.75) is 0 Å². The predicted octanol–water partition coefficient (Wildman–Crippen LogP) is 4.56. The number of hydrogen-bond acceptors (Lipinski definition) is 4. The molecule has 2 amide bonds. The number of carbonyl (C=O) groups excluding carboxylic acids is 2. The monoisotopic (exact) mass is 415 g/mol. The summed E-state index contributed by atoms with van der Waals surface area (Å²) in [6.45, 7) is 0. The van der Waals surface area contributed by atoms with Gasteiger partial charge >= 0.3 is 0 Å². The molecule has 6 nitrogen and oxygen atoms in total. The molecule has 30 heavy (non-hydrogen) atoms. The summed E-state index contributed by atoms with van der Waals surface area (Å²) >= 11 is 6.02. The molecule has 2 aliphatic rings. The second kappa shape index (κ2) is 7.17. The zero-order valence-electron chi connectivity index (χ0n) is 15.5. The summed E-state index contributed by atoms with van der Waals surface area (Å²) in [5, 5.41) is 9.05. The number of halogens is 1. The van der Waals surface area contributed by atoms with E-state index in [2.05, 4.69) is 10.4 Å². The average molecular weight is 416 g/mol. The molecule has 3 aromatic rings. The van der Waals surface area contributed by atoms with Crippen LogP contribution in [0.1, 0.15) is 16.9 Å². The van der Waals surface area contributed by atoms with E-state index >= 15 is 0 Å². The van der Waals surface area contributed by atoms with Gasteiger partial charge < -0.3 is 9.73 Å². The van der Waals surface area contributed by atoms with Crippen LogP contribution in [-0.2, 0) is 9.59 Å². The first-order valence-electron chi connectivity index (χ1n) is 9.17. The van der Waals surface area contributed by atoms with Gasteiger partial charge in [0, 0.05) is 21.7 Å². The van der Waals surface area contributed by atoms with Crippen LogP contribution in [0.2, 0.25) is 5.02 Å². The third kappa shape index (κ3) is 3.13. The van der Waals surface area contributed by atoms with Gasteiger partial charge in [0.1, 0.15) is 5.76 Å². The summed E-state index contributed by atoms with van der Waals surface area (Å²) in [5.74, 6) is -0.174.